The molecule has 0 radical (unpaired) electrons. The third-order valence-corrected chi connectivity index (χ3v) is 4.31. The van der Waals surface area contributed by atoms with E-state index in [4.69, 9.17) is 0 Å². The lowest BCUT2D eigenvalue weighted by molar-refractivity contribution is 0.112. The van der Waals surface area contributed by atoms with Crippen LogP contribution in [0.25, 0.3) is 16.7 Å². The minimum absolute atomic E-state index is 0.147. The van der Waals surface area contributed by atoms with E-state index in [1.54, 1.807) is 18.3 Å². The summed E-state index contributed by atoms with van der Waals surface area (Å²) in [6.45, 7) is 2.64. The van der Waals surface area contributed by atoms with Gasteiger partial charge < -0.3 is 9.88 Å². The van der Waals surface area contributed by atoms with Gasteiger partial charge in [0.05, 0.1) is 5.69 Å². The summed E-state index contributed by atoms with van der Waals surface area (Å²) in [6, 6.07) is 6.83. The van der Waals surface area contributed by atoms with Crippen LogP contribution in [0.3, 0.4) is 0 Å². The van der Waals surface area contributed by atoms with Gasteiger partial charge in [-0.3, -0.25) is 14.2 Å². The fraction of sp³-hybridized carbons (Fsp3) is 0.316. The van der Waals surface area contributed by atoms with E-state index >= 15 is 0 Å². The molecule has 130 valence electrons. The fourth-order valence-corrected chi connectivity index (χ4v) is 2.92. The van der Waals surface area contributed by atoms with Crippen LogP contribution < -0.4 is 5.56 Å². The van der Waals surface area contributed by atoms with Gasteiger partial charge in [-0.25, -0.2) is 4.98 Å². The highest BCUT2D eigenvalue weighted by Crippen LogP contribution is 2.18. The van der Waals surface area contributed by atoms with E-state index in [9.17, 15) is 9.59 Å². The van der Waals surface area contributed by atoms with E-state index < -0.39 is 0 Å². The minimum atomic E-state index is -0.147. The van der Waals surface area contributed by atoms with E-state index in [-0.39, 0.29) is 5.56 Å². The Kier molecular flexibility index (Phi) is 5.40. The number of aromatic nitrogens is 3. The summed E-state index contributed by atoms with van der Waals surface area (Å²) >= 11 is 0. The van der Waals surface area contributed by atoms with Crippen molar-refractivity contribution in [2.45, 2.75) is 19.3 Å². The SMILES string of the molecule is CN1CCCCC1.O=Cc1cnc2c(ccn2-c2ccc(=O)[nH]c2)c1. The maximum absolute atomic E-state index is 11.0. The van der Waals surface area contributed by atoms with Gasteiger partial charge in [0.1, 0.15) is 5.65 Å². The maximum Gasteiger partial charge on any atom is 0.248 e. The predicted octanol–water partition coefficient (Wildman–Crippen LogP) is 2.63. The Hall–Kier alpha value is -2.73. The Labute approximate surface area is 146 Å². The standard InChI is InChI=1S/C13H9N3O2.C6H13N/c17-8-9-5-10-3-4-16(13(10)15-6-9)11-1-2-12(18)14-7-11;1-7-5-3-2-4-6-7/h1-8H,(H,14,18);2-6H2,1H3. The molecule has 1 aliphatic rings. The van der Waals surface area contributed by atoms with Crippen molar-refractivity contribution >= 4 is 17.3 Å². The topological polar surface area (TPSA) is 71.0 Å². The number of piperidine rings is 1. The second-order valence-electron chi connectivity index (χ2n) is 6.26. The summed E-state index contributed by atoms with van der Waals surface area (Å²) in [5.41, 5.74) is 1.96. The number of nitrogens with zero attached hydrogens (tertiary/aromatic N) is 3. The smallest absolute Gasteiger partial charge is 0.248 e. The zero-order valence-corrected chi connectivity index (χ0v) is 14.3. The number of aromatic amines is 1. The second kappa shape index (κ2) is 7.90. The normalized spacial score (nSPS) is 14.8. The van der Waals surface area contributed by atoms with Crippen molar-refractivity contribution in [2.75, 3.05) is 20.1 Å². The Morgan fingerprint density at radius 3 is 2.56 bits per heavy atom. The third kappa shape index (κ3) is 4.22. The summed E-state index contributed by atoms with van der Waals surface area (Å²) in [4.78, 5) is 31.0. The molecule has 1 saturated heterocycles. The van der Waals surface area contributed by atoms with Gasteiger partial charge in [-0.15, -0.1) is 0 Å². The lowest BCUT2D eigenvalue weighted by atomic mass is 10.1. The van der Waals surface area contributed by atoms with Crippen LogP contribution in [-0.2, 0) is 0 Å². The zero-order valence-electron chi connectivity index (χ0n) is 14.3. The highest BCUT2D eigenvalue weighted by atomic mass is 16.1. The third-order valence-electron chi connectivity index (χ3n) is 4.31. The van der Waals surface area contributed by atoms with Crippen LogP contribution in [0.2, 0.25) is 0 Å². The van der Waals surface area contributed by atoms with Gasteiger partial charge in [-0.1, -0.05) is 6.42 Å². The van der Waals surface area contributed by atoms with Crippen LogP contribution in [0.5, 0.6) is 0 Å². The molecule has 4 rings (SSSR count). The van der Waals surface area contributed by atoms with Gasteiger partial charge in [-0.2, -0.15) is 0 Å². The van der Waals surface area contributed by atoms with Crippen molar-refractivity contribution in [3.8, 4) is 5.69 Å². The monoisotopic (exact) mass is 338 g/mol. The van der Waals surface area contributed by atoms with Crippen LogP contribution >= 0.6 is 0 Å². The van der Waals surface area contributed by atoms with Crippen molar-refractivity contribution < 1.29 is 4.79 Å². The van der Waals surface area contributed by atoms with Crippen molar-refractivity contribution in [1.82, 2.24) is 19.4 Å². The molecule has 0 atom stereocenters. The van der Waals surface area contributed by atoms with Gasteiger partial charge in [-0.05, 0) is 51.2 Å². The number of hydrogen-bond acceptors (Lipinski definition) is 4. The van der Waals surface area contributed by atoms with Crippen LogP contribution in [0.15, 0.2) is 47.7 Å². The van der Waals surface area contributed by atoms with Crippen LogP contribution in [0.1, 0.15) is 29.6 Å². The molecular formula is C19H22N4O2. The molecule has 0 amide bonds. The fourth-order valence-electron chi connectivity index (χ4n) is 2.92. The average Bonchev–Trinajstić information content (AvgIpc) is 3.06. The van der Waals surface area contributed by atoms with Crippen molar-refractivity contribution in [3.63, 3.8) is 0 Å². The van der Waals surface area contributed by atoms with Crippen LogP contribution in [-0.4, -0.2) is 45.9 Å². The summed E-state index contributed by atoms with van der Waals surface area (Å²) in [7, 11) is 2.19. The van der Waals surface area contributed by atoms with Crippen LogP contribution in [0, 0.1) is 0 Å². The molecule has 1 fully saturated rings. The molecule has 6 heteroatoms. The predicted molar refractivity (Wildman–Crippen MR) is 98.4 cm³/mol. The molecule has 0 spiro atoms. The number of likely N-dealkylation sites (tertiary alicyclic amines) is 1. The number of carbonyl (C=O) groups is 1. The van der Waals surface area contributed by atoms with E-state index in [1.165, 1.54) is 44.6 Å². The number of carbonyl (C=O) groups excluding carboxylic acids is 1. The minimum Gasteiger partial charge on any atom is -0.327 e. The molecule has 0 aromatic carbocycles. The van der Waals surface area contributed by atoms with Gasteiger partial charge in [0.2, 0.25) is 5.56 Å². The average molecular weight is 338 g/mol. The number of fused-ring (bicyclic) bond motifs is 1. The number of H-pyrrole nitrogens is 1. The summed E-state index contributed by atoms with van der Waals surface area (Å²) in [5.74, 6) is 0. The second-order valence-corrected chi connectivity index (χ2v) is 6.26. The Bertz CT molecular complexity index is 887. The number of nitrogens with one attached hydrogen (secondary N) is 1. The van der Waals surface area contributed by atoms with Crippen molar-refractivity contribution in [2.24, 2.45) is 0 Å². The first-order valence-electron chi connectivity index (χ1n) is 8.47. The number of pyridine rings is 2. The molecule has 0 aliphatic carbocycles. The lowest BCUT2D eigenvalue weighted by Crippen LogP contribution is -2.24. The van der Waals surface area contributed by atoms with Gasteiger partial charge in [0.25, 0.3) is 0 Å². The first kappa shape index (κ1) is 17.1. The maximum atomic E-state index is 11.0. The van der Waals surface area contributed by atoms with Crippen molar-refractivity contribution in [1.29, 1.82) is 0 Å². The molecule has 25 heavy (non-hydrogen) atoms. The van der Waals surface area contributed by atoms with Gasteiger partial charge >= 0.3 is 0 Å². The molecule has 4 heterocycles. The molecule has 6 nitrogen and oxygen atoms in total. The van der Waals surface area contributed by atoms with Gasteiger partial charge in [0, 0.05) is 35.6 Å². The number of rotatable bonds is 2. The lowest BCUT2D eigenvalue weighted by Gasteiger charge is -2.20. The Balaban J connectivity index is 0.000000219. The van der Waals surface area contributed by atoms with Crippen molar-refractivity contribution in [3.05, 3.63) is 58.8 Å². The highest BCUT2D eigenvalue weighted by molar-refractivity contribution is 5.85. The Morgan fingerprint density at radius 2 is 1.96 bits per heavy atom. The largest absolute Gasteiger partial charge is 0.327 e. The summed E-state index contributed by atoms with van der Waals surface area (Å²) < 4.78 is 1.85. The summed E-state index contributed by atoms with van der Waals surface area (Å²) in [6.07, 6.45) is 10.0. The van der Waals surface area contributed by atoms with E-state index in [1.807, 2.05) is 16.8 Å². The quantitative estimate of drug-likeness (QED) is 0.729. The van der Waals surface area contributed by atoms with E-state index in [0.29, 0.717) is 5.56 Å². The molecule has 0 unspecified atom stereocenters. The zero-order chi connectivity index (χ0) is 17.6. The van der Waals surface area contributed by atoms with E-state index in [2.05, 4.69) is 21.9 Å². The van der Waals surface area contributed by atoms with Crippen LogP contribution in [0.4, 0.5) is 0 Å². The molecule has 0 bridgehead atoms. The number of aldehydes is 1. The molecule has 1 aliphatic heterocycles. The van der Waals surface area contributed by atoms with Gasteiger partial charge in [0.15, 0.2) is 6.29 Å². The molecular weight excluding hydrogens is 316 g/mol. The Morgan fingerprint density at radius 1 is 1.16 bits per heavy atom. The first-order chi connectivity index (χ1) is 12.2. The summed E-state index contributed by atoms with van der Waals surface area (Å²) in [5, 5.41) is 0.880. The molecule has 1 N–H and O–H groups in total. The highest BCUT2D eigenvalue weighted by Gasteiger charge is 2.05. The number of hydrogen-bond donors (Lipinski definition) is 1. The molecule has 3 aromatic heterocycles. The molecule has 3 aromatic rings. The first-order valence-corrected chi connectivity index (χ1v) is 8.47. The van der Waals surface area contributed by atoms with E-state index in [0.717, 1.165) is 23.0 Å². The molecule has 0 saturated carbocycles.